The normalized spacial score (nSPS) is 21.0. The Morgan fingerprint density at radius 3 is 2.06 bits per heavy atom. The smallest absolute Gasteiger partial charge is 0.335 e. The molecule has 2 rings (SSSR count). The molecule has 1 fully saturated rings. The predicted octanol–water partition coefficient (Wildman–Crippen LogP) is -8.25. The number of amides is 7. The number of aliphatic hydroxyl groups excluding tert-OH is 3. The highest BCUT2D eigenvalue weighted by Crippen LogP contribution is 2.28. The molecule has 0 aromatic heterocycles. The Morgan fingerprint density at radius 1 is 0.815 bits per heavy atom. The van der Waals surface area contributed by atoms with Crippen molar-refractivity contribution in [1.82, 2.24) is 37.2 Å². The summed E-state index contributed by atoms with van der Waals surface area (Å²) in [6.07, 6.45) is -7.28. The minimum Gasteiger partial charge on any atom is -0.504 e. The van der Waals surface area contributed by atoms with E-state index in [0.717, 1.165) is 0 Å². The standard InChI is InChI=1S/C36H53N11O18/c37-16(6-1-2-9-40-29(56)15-5-3-8-19(48)26(15)53)20(49)11-21(50)45-18-14-65-35(64)25(28(55)34(62)63)46-23(52)13-43-32(59)24(27(54)33(60)61)47-31(58)17(7-4-10-41-36(38)39)44-22(51)12-42-30(18)57/h3,5,8,16-18,20,24-25,27-28,48-49,53-55H,1-2,4,6-7,9-14,37H2,(H,40,56)(H,42,57)(H,43,59)(H,44,51)(H,45,50)(H,46,52)(H,47,58)(H,60,61)(H,62,63)(H4,38,39,41)/t16-,17-,18+,20+,24-,25-,27?,28?/m0/s1. The Balaban J connectivity index is 2.28. The lowest BCUT2D eigenvalue weighted by molar-refractivity contribution is -0.161. The van der Waals surface area contributed by atoms with Gasteiger partial charge in [-0.25, -0.2) is 14.4 Å². The Labute approximate surface area is 367 Å². The van der Waals surface area contributed by atoms with Crippen molar-refractivity contribution in [2.24, 2.45) is 22.2 Å². The summed E-state index contributed by atoms with van der Waals surface area (Å²) < 4.78 is 4.97. The van der Waals surface area contributed by atoms with Gasteiger partial charge in [-0.1, -0.05) is 12.5 Å². The molecule has 360 valence electrons. The van der Waals surface area contributed by atoms with Crippen molar-refractivity contribution < 1.29 is 88.4 Å². The van der Waals surface area contributed by atoms with Gasteiger partial charge in [0.1, 0.15) is 24.7 Å². The molecule has 1 saturated heterocycles. The van der Waals surface area contributed by atoms with Gasteiger partial charge in [-0.3, -0.25) is 38.6 Å². The monoisotopic (exact) mass is 927 g/mol. The molecule has 0 saturated carbocycles. The lowest BCUT2D eigenvalue weighted by atomic mass is 10.0. The molecule has 1 aliphatic heterocycles. The van der Waals surface area contributed by atoms with E-state index in [1.54, 1.807) is 5.32 Å². The van der Waals surface area contributed by atoms with Crippen molar-refractivity contribution in [3.05, 3.63) is 23.8 Å². The third-order valence-corrected chi connectivity index (χ3v) is 9.17. The van der Waals surface area contributed by atoms with Gasteiger partial charge in [-0.15, -0.1) is 0 Å². The zero-order valence-corrected chi connectivity index (χ0v) is 34.4. The maximum absolute atomic E-state index is 13.4. The Hall–Kier alpha value is -7.37. The van der Waals surface area contributed by atoms with Crippen LogP contribution in [-0.2, 0) is 47.9 Å². The number of carbonyl (C=O) groups excluding carboxylic acids is 8. The van der Waals surface area contributed by atoms with Crippen molar-refractivity contribution in [2.45, 2.75) is 87.0 Å². The first kappa shape index (κ1) is 53.8. The van der Waals surface area contributed by atoms with Gasteiger partial charge in [0.05, 0.1) is 31.2 Å². The van der Waals surface area contributed by atoms with E-state index in [1.165, 1.54) is 18.2 Å². The number of benzene rings is 1. The molecule has 0 radical (unpaired) electrons. The number of nitrogens with two attached hydrogens (primary N) is 3. The fourth-order valence-corrected chi connectivity index (χ4v) is 5.65. The third kappa shape index (κ3) is 18.1. The maximum Gasteiger partial charge on any atom is 0.335 e. The summed E-state index contributed by atoms with van der Waals surface area (Å²) in [5.74, 6) is -15.5. The van der Waals surface area contributed by atoms with Crippen LogP contribution in [0.3, 0.4) is 0 Å². The summed E-state index contributed by atoms with van der Waals surface area (Å²) in [6, 6.07) is -5.58. The number of carbonyl (C=O) groups is 10. The van der Waals surface area contributed by atoms with Gasteiger partial charge in [0.2, 0.25) is 35.4 Å². The predicted molar refractivity (Wildman–Crippen MR) is 216 cm³/mol. The number of phenols is 2. The van der Waals surface area contributed by atoms with Crippen molar-refractivity contribution in [1.29, 1.82) is 0 Å². The average molecular weight is 928 g/mol. The first-order valence-electron chi connectivity index (χ1n) is 19.5. The van der Waals surface area contributed by atoms with Crippen LogP contribution in [0.25, 0.3) is 0 Å². The van der Waals surface area contributed by atoms with Crippen LogP contribution in [0.1, 0.15) is 48.9 Å². The molecule has 29 nitrogen and oxygen atoms in total. The number of cyclic esters (lactones) is 1. The maximum atomic E-state index is 13.4. The number of phenolic OH excluding ortho intramolecular Hbond substituents is 2. The second-order valence-electron chi connectivity index (χ2n) is 14.2. The number of hydrogen-bond acceptors (Lipinski definition) is 18. The zero-order chi connectivity index (χ0) is 49.0. The number of guanidine groups is 1. The SMILES string of the molecule is NC(N)=NCCC[C@@H]1NC(=O)CNC(=O)[C@H](NC(=O)C[C@@H](O)[C@@H](N)CCCCNC(=O)c2cccc(O)c2O)COC(=O)[C@H](C(O)C(=O)O)NC(=O)CNC(=O)[C@H](C(O)C(=O)O)NC1=O. The quantitative estimate of drug-likeness (QED) is 0.0214. The molecule has 0 spiro atoms. The van der Waals surface area contributed by atoms with Gasteiger partial charge >= 0.3 is 17.9 Å². The van der Waals surface area contributed by atoms with E-state index >= 15 is 0 Å². The number of nitrogens with zero attached hydrogens (tertiary/aromatic N) is 1. The van der Waals surface area contributed by atoms with Crippen LogP contribution in [0.2, 0.25) is 0 Å². The lowest BCUT2D eigenvalue weighted by Gasteiger charge is -2.25. The first-order chi connectivity index (χ1) is 30.5. The topological polar surface area (TPSA) is 496 Å². The lowest BCUT2D eigenvalue weighted by Crippen LogP contribution is -2.60. The molecule has 1 aromatic rings. The number of rotatable bonds is 18. The van der Waals surface area contributed by atoms with Crippen LogP contribution < -0.4 is 54.4 Å². The highest BCUT2D eigenvalue weighted by atomic mass is 16.5. The van der Waals surface area contributed by atoms with Crippen molar-refractivity contribution in [2.75, 3.05) is 32.8 Å². The summed E-state index contributed by atoms with van der Waals surface area (Å²) >= 11 is 0. The van der Waals surface area contributed by atoms with Gasteiger partial charge in [-0.05, 0) is 37.8 Å². The largest absolute Gasteiger partial charge is 0.504 e. The van der Waals surface area contributed by atoms with Crippen LogP contribution in [0.5, 0.6) is 11.5 Å². The number of para-hydroxylation sites is 1. The number of carboxylic acid groups (broad SMARTS) is 2. The second kappa shape index (κ2) is 26.3. The average Bonchev–Trinajstić information content (AvgIpc) is 3.24. The van der Waals surface area contributed by atoms with E-state index in [0.29, 0.717) is 12.8 Å². The number of carboxylic acids is 2. The Bertz CT molecular complexity index is 1950. The van der Waals surface area contributed by atoms with Crippen LogP contribution in [0.4, 0.5) is 0 Å². The fraction of sp³-hybridized carbons (Fsp3) is 0.528. The number of aliphatic carboxylic acids is 2. The number of hydrogen-bond donors (Lipinski definition) is 17. The van der Waals surface area contributed by atoms with Crippen molar-refractivity contribution in [3.8, 4) is 11.5 Å². The van der Waals surface area contributed by atoms with Crippen molar-refractivity contribution in [3.63, 3.8) is 0 Å². The molecule has 1 aromatic carbocycles. The molecule has 20 N–H and O–H groups in total. The summed E-state index contributed by atoms with van der Waals surface area (Å²) in [7, 11) is 0. The number of ether oxygens (including phenoxy) is 1. The molecule has 8 atom stereocenters. The van der Waals surface area contributed by atoms with Gasteiger partial charge in [-0.2, -0.15) is 0 Å². The van der Waals surface area contributed by atoms with E-state index < -0.39 is 145 Å². The number of unbranched alkanes of at least 4 members (excludes halogenated alkanes) is 1. The fourth-order valence-electron chi connectivity index (χ4n) is 5.65. The molecule has 2 unspecified atom stereocenters. The summed E-state index contributed by atoms with van der Waals surface area (Å²) in [4.78, 5) is 131. The Kier molecular flexibility index (Phi) is 21.8. The Morgan fingerprint density at radius 2 is 1.43 bits per heavy atom. The zero-order valence-electron chi connectivity index (χ0n) is 34.4. The third-order valence-electron chi connectivity index (χ3n) is 9.17. The highest BCUT2D eigenvalue weighted by molar-refractivity contribution is 5.99. The molecule has 0 aliphatic carbocycles. The minimum atomic E-state index is -2.73. The van der Waals surface area contributed by atoms with E-state index in [-0.39, 0.29) is 43.9 Å². The van der Waals surface area contributed by atoms with E-state index in [1.807, 2.05) is 10.6 Å². The van der Waals surface area contributed by atoms with Gasteiger partial charge in [0, 0.05) is 19.1 Å². The molecular formula is C36H53N11O18. The summed E-state index contributed by atoms with van der Waals surface area (Å²) in [5.41, 5.74) is 16.5. The van der Waals surface area contributed by atoms with E-state index in [9.17, 15) is 83.7 Å². The summed E-state index contributed by atoms with van der Waals surface area (Å²) in [5, 5.41) is 83.9. The first-order valence-corrected chi connectivity index (χ1v) is 19.5. The minimum absolute atomic E-state index is 0.0225. The molecular weight excluding hydrogens is 874 g/mol. The molecule has 0 bridgehead atoms. The van der Waals surface area contributed by atoms with Crippen LogP contribution in [0, 0.1) is 0 Å². The summed E-state index contributed by atoms with van der Waals surface area (Å²) in [6.45, 7) is -3.33. The van der Waals surface area contributed by atoms with Gasteiger partial charge in [0.15, 0.2) is 35.7 Å². The van der Waals surface area contributed by atoms with Crippen molar-refractivity contribution >= 4 is 65.2 Å². The van der Waals surface area contributed by atoms with E-state index in [2.05, 4.69) is 26.3 Å². The number of aliphatic imine (C=N–C) groups is 1. The van der Waals surface area contributed by atoms with Crippen LogP contribution >= 0.6 is 0 Å². The van der Waals surface area contributed by atoms with E-state index in [4.69, 9.17) is 21.9 Å². The number of aliphatic hydroxyl groups is 3. The second-order valence-corrected chi connectivity index (χ2v) is 14.2. The van der Waals surface area contributed by atoms with Crippen LogP contribution in [0.15, 0.2) is 23.2 Å². The molecule has 7 amide bonds. The number of aromatic hydroxyl groups is 2. The molecule has 1 aliphatic rings. The highest BCUT2D eigenvalue weighted by Gasteiger charge is 2.38. The number of esters is 1. The van der Waals surface area contributed by atoms with Crippen LogP contribution in [-0.4, -0.2) is 182 Å². The number of nitrogens with one attached hydrogen (secondary N) is 7. The molecule has 29 heteroatoms. The van der Waals surface area contributed by atoms with Gasteiger partial charge in [0.25, 0.3) is 5.91 Å². The molecule has 1 heterocycles. The van der Waals surface area contributed by atoms with Gasteiger partial charge < -0.3 is 94.9 Å². The molecule has 65 heavy (non-hydrogen) atoms.